The molecule has 23 heavy (non-hydrogen) atoms. The molecule has 0 saturated heterocycles. The second kappa shape index (κ2) is 6.41. The Kier molecular flexibility index (Phi) is 4.15. The number of aromatic nitrogens is 1. The minimum absolute atomic E-state index is 0.126. The highest BCUT2D eigenvalue weighted by Crippen LogP contribution is 2.25. The number of carbonyl (C=O) groups excluding carboxylic acids is 1. The smallest absolute Gasteiger partial charge is 0.270 e. The molecule has 0 saturated carbocycles. The number of benzene rings is 1. The second-order valence-corrected chi connectivity index (χ2v) is 5.60. The predicted molar refractivity (Wildman–Crippen MR) is 84.1 cm³/mol. The summed E-state index contributed by atoms with van der Waals surface area (Å²) in [5.41, 5.74) is 0.674. The molecule has 2 aromatic heterocycles. The van der Waals surface area contributed by atoms with Gasteiger partial charge in [-0.05, 0) is 17.5 Å². The van der Waals surface area contributed by atoms with E-state index in [2.05, 4.69) is 10.5 Å². The summed E-state index contributed by atoms with van der Waals surface area (Å²) < 4.78 is 5.22. The molecule has 3 aromatic rings. The zero-order chi connectivity index (χ0) is 16.2. The highest BCUT2D eigenvalue weighted by molar-refractivity contribution is 7.13. The average Bonchev–Trinajstić information content (AvgIpc) is 3.23. The number of nitrogens with zero attached hydrogens (tertiary/aromatic N) is 2. The Morgan fingerprint density at radius 1 is 1.30 bits per heavy atom. The molecule has 0 atom stereocenters. The van der Waals surface area contributed by atoms with Crippen LogP contribution in [0.1, 0.15) is 16.1 Å². The van der Waals surface area contributed by atoms with Crippen molar-refractivity contribution in [1.82, 2.24) is 10.5 Å². The van der Waals surface area contributed by atoms with Crippen molar-refractivity contribution in [1.29, 1.82) is 0 Å². The molecular formula is C15H11N3O4S. The highest BCUT2D eigenvalue weighted by atomic mass is 32.1. The van der Waals surface area contributed by atoms with Crippen molar-refractivity contribution in [2.75, 3.05) is 0 Å². The third-order valence-electron chi connectivity index (χ3n) is 3.07. The third-order valence-corrected chi connectivity index (χ3v) is 3.96. The Morgan fingerprint density at radius 3 is 2.91 bits per heavy atom. The first kappa shape index (κ1) is 14.9. The van der Waals surface area contributed by atoms with Gasteiger partial charge in [0.05, 0.1) is 16.3 Å². The van der Waals surface area contributed by atoms with Crippen molar-refractivity contribution in [3.63, 3.8) is 0 Å². The second-order valence-electron chi connectivity index (χ2n) is 4.65. The molecule has 0 radical (unpaired) electrons. The van der Waals surface area contributed by atoms with Crippen molar-refractivity contribution in [3.05, 3.63) is 69.2 Å². The van der Waals surface area contributed by atoms with Gasteiger partial charge in [0.25, 0.3) is 11.6 Å². The molecule has 1 N–H and O–H groups in total. The van der Waals surface area contributed by atoms with E-state index in [1.165, 1.54) is 35.6 Å². The van der Waals surface area contributed by atoms with E-state index in [-0.39, 0.29) is 17.8 Å². The number of hydrogen-bond donors (Lipinski definition) is 1. The van der Waals surface area contributed by atoms with Gasteiger partial charge in [-0.15, -0.1) is 11.3 Å². The molecule has 116 valence electrons. The van der Waals surface area contributed by atoms with Crippen molar-refractivity contribution >= 4 is 22.9 Å². The predicted octanol–water partition coefficient (Wildman–Crippen LogP) is 3.24. The molecular weight excluding hydrogens is 318 g/mol. The summed E-state index contributed by atoms with van der Waals surface area (Å²) >= 11 is 1.53. The van der Waals surface area contributed by atoms with Gasteiger partial charge < -0.3 is 9.84 Å². The Bertz CT molecular complexity index is 842. The maximum Gasteiger partial charge on any atom is 0.270 e. The van der Waals surface area contributed by atoms with Crippen molar-refractivity contribution < 1.29 is 14.2 Å². The molecule has 1 aromatic carbocycles. The monoisotopic (exact) mass is 329 g/mol. The van der Waals surface area contributed by atoms with Gasteiger partial charge in [0.15, 0.2) is 5.76 Å². The fraction of sp³-hybridized carbons (Fsp3) is 0.0667. The first-order valence-electron chi connectivity index (χ1n) is 6.65. The number of nitrogens with one attached hydrogen (secondary N) is 1. The molecule has 0 fully saturated rings. The third kappa shape index (κ3) is 3.43. The average molecular weight is 329 g/mol. The lowest BCUT2D eigenvalue weighted by atomic mass is 10.2. The van der Waals surface area contributed by atoms with Crippen LogP contribution in [-0.2, 0) is 6.54 Å². The van der Waals surface area contributed by atoms with E-state index in [4.69, 9.17) is 4.52 Å². The zero-order valence-electron chi connectivity index (χ0n) is 11.8. The maximum absolute atomic E-state index is 12.0. The SMILES string of the molecule is O=C(NCc1cc(-c2cccs2)on1)c1cccc([N+](=O)[O-])c1. The summed E-state index contributed by atoms with van der Waals surface area (Å²) in [6.07, 6.45) is 0. The fourth-order valence-electron chi connectivity index (χ4n) is 1.96. The lowest BCUT2D eigenvalue weighted by molar-refractivity contribution is -0.384. The van der Waals surface area contributed by atoms with E-state index in [9.17, 15) is 14.9 Å². The first-order chi connectivity index (χ1) is 11.1. The van der Waals surface area contributed by atoms with Gasteiger partial charge in [-0.25, -0.2) is 0 Å². The summed E-state index contributed by atoms with van der Waals surface area (Å²) in [6.45, 7) is 0.177. The first-order valence-corrected chi connectivity index (χ1v) is 7.53. The van der Waals surface area contributed by atoms with E-state index in [0.717, 1.165) is 4.88 Å². The topological polar surface area (TPSA) is 98.3 Å². The summed E-state index contributed by atoms with van der Waals surface area (Å²) in [5, 5.41) is 19.2. The van der Waals surface area contributed by atoms with E-state index in [1.807, 2.05) is 17.5 Å². The zero-order valence-corrected chi connectivity index (χ0v) is 12.6. The van der Waals surface area contributed by atoms with Crippen LogP contribution in [0, 0.1) is 10.1 Å². The summed E-state index contributed by atoms with van der Waals surface area (Å²) in [5.74, 6) is 0.231. The number of non-ortho nitro benzene ring substituents is 1. The number of hydrogen-bond acceptors (Lipinski definition) is 6. The molecule has 7 nitrogen and oxygen atoms in total. The molecule has 1 amide bonds. The molecule has 0 aliphatic heterocycles. The number of rotatable bonds is 5. The lowest BCUT2D eigenvalue weighted by Gasteiger charge is -2.02. The quantitative estimate of drug-likeness (QED) is 0.572. The van der Waals surface area contributed by atoms with Gasteiger partial charge in [-0.3, -0.25) is 14.9 Å². The van der Waals surface area contributed by atoms with E-state index < -0.39 is 10.8 Å². The van der Waals surface area contributed by atoms with Crippen LogP contribution in [-0.4, -0.2) is 16.0 Å². The van der Waals surface area contributed by atoms with Crippen LogP contribution >= 0.6 is 11.3 Å². The molecule has 8 heteroatoms. The summed E-state index contributed by atoms with van der Waals surface area (Å²) in [4.78, 5) is 23.2. The molecule has 3 rings (SSSR count). The molecule has 0 aliphatic rings. The Morgan fingerprint density at radius 2 is 2.17 bits per heavy atom. The van der Waals surface area contributed by atoms with E-state index in [0.29, 0.717) is 11.5 Å². The molecule has 0 unspecified atom stereocenters. The van der Waals surface area contributed by atoms with Crippen LogP contribution in [0.25, 0.3) is 10.6 Å². The molecule has 2 heterocycles. The minimum atomic E-state index is -0.540. The summed E-state index contributed by atoms with van der Waals surface area (Å²) in [6, 6.07) is 11.1. The van der Waals surface area contributed by atoms with Crippen LogP contribution in [0.15, 0.2) is 52.4 Å². The van der Waals surface area contributed by atoms with Crippen LogP contribution < -0.4 is 5.32 Å². The number of thiophene rings is 1. The fourth-order valence-corrected chi connectivity index (χ4v) is 2.64. The van der Waals surface area contributed by atoms with Crippen LogP contribution in [0.5, 0.6) is 0 Å². The number of nitro benzene ring substituents is 1. The van der Waals surface area contributed by atoms with Gasteiger partial charge in [0.1, 0.15) is 5.69 Å². The van der Waals surface area contributed by atoms with Crippen molar-refractivity contribution in [3.8, 4) is 10.6 Å². The van der Waals surface area contributed by atoms with Gasteiger partial charge in [-0.2, -0.15) is 0 Å². The molecule has 0 bridgehead atoms. The van der Waals surface area contributed by atoms with Crippen LogP contribution in [0.3, 0.4) is 0 Å². The molecule has 0 spiro atoms. The number of amides is 1. The Balaban J connectivity index is 1.65. The molecule has 0 aliphatic carbocycles. The number of carbonyl (C=O) groups is 1. The number of nitro groups is 1. The van der Waals surface area contributed by atoms with E-state index >= 15 is 0 Å². The van der Waals surface area contributed by atoms with Gasteiger partial charge in [-0.1, -0.05) is 17.3 Å². The van der Waals surface area contributed by atoms with Crippen LogP contribution in [0.2, 0.25) is 0 Å². The maximum atomic E-state index is 12.0. The van der Waals surface area contributed by atoms with Gasteiger partial charge in [0.2, 0.25) is 0 Å². The largest absolute Gasteiger partial charge is 0.355 e. The highest BCUT2D eigenvalue weighted by Gasteiger charge is 2.13. The Hall–Kier alpha value is -3.00. The van der Waals surface area contributed by atoms with Crippen LogP contribution in [0.4, 0.5) is 5.69 Å². The van der Waals surface area contributed by atoms with Gasteiger partial charge in [0, 0.05) is 23.8 Å². The van der Waals surface area contributed by atoms with Crippen molar-refractivity contribution in [2.45, 2.75) is 6.54 Å². The standard InChI is InChI=1S/C15H11N3O4S/c19-15(10-3-1-4-12(7-10)18(20)21)16-9-11-8-13(22-17-11)14-5-2-6-23-14/h1-8H,9H2,(H,16,19). The van der Waals surface area contributed by atoms with E-state index in [1.54, 1.807) is 6.07 Å². The normalized spacial score (nSPS) is 10.4. The van der Waals surface area contributed by atoms with Crippen molar-refractivity contribution in [2.24, 2.45) is 0 Å². The summed E-state index contributed by atoms with van der Waals surface area (Å²) in [7, 11) is 0. The lowest BCUT2D eigenvalue weighted by Crippen LogP contribution is -2.22. The Labute approximate surface area is 134 Å². The van der Waals surface area contributed by atoms with Gasteiger partial charge >= 0.3 is 0 Å². The minimum Gasteiger partial charge on any atom is -0.355 e.